The van der Waals surface area contributed by atoms with Gasteiger partial charge in [0.1, 0.15) is 0 Å². The number of carboxylic acids is 1. The van der Waals surface area contributed by atoms with Gasteiger partial charge in [-0.15, -0.1) is 0 Å². The summed E-state index contributed by atoms with van der Waals surface area (Å²) in [6, 6.07) is 0. The number of carbonyl (C=O) groups is 1. The van der Waals surface area contributed by atoms with Crippen molar-refractivity contribution in [1.29, 1.82) is 0 Å². The first-order valence-electron chi connectivity index (χ1n) is 5.75. The Bertz CT molecular complexity index is 329. The average Bonchev–Trinajstić information content (AvgIpc) is 2.70. The third-order valence-corrected chi connectivity index (χ3v) is 4.87. The molecule has 2 aliphatic rings. The second kappa shape index (κ2) is 2.87. The van der Waals surface area contributed by atoms with Crippen LogP contribution < -0.4 is 0 Å². The van der Waals surface area contributed by atoms with Crippen molar-refractivity contribution in [3.63, 3.8) is 0 Å². The number of carboxylic acid groups (broad SMARTS) is 1. The molecule has 2 rings (SSSR count). The summed E-state index contributed by atoms with van der Waals surface area (Å²) in [6.07, 6.45) is 8.22. The Kier molecular flexibility index (Phi) is 2.05. The Morgan fingerprint density at radius 2 is 1.93 bits per heavy atom. The van der Waals surface area contributed by atoms with E-state index in [1.54, 1.807) is 0 Å². The van der Waals surface area contributed by atoms with E-state index in [0.717, 1.165) is 6.42 Å². The molecule has 2 nitrogen and oxygen atoms in total. The van der Waals surface area contributed by atoms with Crippen molar-refractivity contribution >= 4 is 5.97 Å². The first kappa shape index (κ1) is 10.7. The van der Waals surface area contributed by atoms with Crippen molar-refractivity contribution in [3.05, 3.63) is 12.2 Å². The van der Waals surface area contributed by atoms with Gasteiger partial charge in [0, 0.05) is 6.08 Å². The average molecular weight is 208 g/mol. The van der Waals surface area contributed by atoms with Crippen LogP contribution in [0, 0.1) is 16.2 Å². The summed E-state index contributed by atoms with van der Waals surface area (Å²) in [4.78, 5) is 10.6. The van der Waals surface area contributed by atoms with Crippen molar-refractivity contribution in [2.24, 2.45) is 16.2 Å². The van der Waals surface area contributed by atoms with Gasteiger partial charge < -0.3 is 5.11 Å². The van der Waals surface area contributed by atoms with E-state index in [-0.39, 0.29) is 10.8 Å². The number of allylic oxidation sites excluding steroid dienone is 1. The molecule has 0 spiro atoms. The third-order valence-electron chi connectivity index (χ3n) is 4.87. The topological polar surface area (TPSA) is 37.3 Å². The summed E-state index contributed by atoms with van der Waals surface area (Å²) >= 11 is 0. The van der Waals surface area contributed by atoms with E-state index in [9.17, 15) is 4.79 Å². The van der Waals surface area contributed by atoms with Crippen LogP contribution in [-0.4, -0.2) is 11.1 Å². The van der Waals surface area contributed by atoms with Crippen molar-refractivity contribution in [2.75, 3.05) is 0 Å². The smallest absolute Gasteiger partial charge is 0.327 e. The van der Waals surface area contributed by atoms with Gasteiger partial charge in [-0.3, -0.25) is 0 Å². The highest BCUT2D eigenvalue weighted by atomic mass is 16.4. The van der Waals surface area contributed by atoms with E-state index in [0.29, 0.717) is 5.41 Å². The lowest BCUT2D eigenvalue weighted by Crippen LogP contribution is -2.32. The van der Waals surface area contributed by atoms with Crippen LogP contribution >= 0.6 is 0 Å². The van der Waals surface area contributed by atoms with Gasteiger partial charge in [0.15, 0.2) is 0 Å². The Hall–Kier alpha value is -0.790. The van der Waals surface area contributed by atoms with Crippen LogP contribution in [0.15, 0.2) is 12.2 Å². The van der Waals surface area contributed by atoms with Crippen LogP contribution in [-0.2, 0) is 4.79 Å². The van der Waals surface area contributed by atoms with Crippen LogP contribution in [0.3, 0.4) is 0 Å². The lowest BCUT2D eigenvalue weighted by Gasteiger charge is -2.41. The van der Waals surface area contributed by atoms with Crippen molar-refractivity contribution in [3.8, 4) is 0 Å². The third kappa shape index (κ3) is 1.34. The predicted molar refractivity (Wildman–Crippen MR) is 59.6 cm³/mol. The molecule has 2 atom stereocenters. The Morgan fingerprint density at radius 1 is 1.27 bits per heavy atom. The lowest BCUT2D eigenvalue weighted by molar-refractivity contribution is -0.131. The normalized spacial score (nSPS) is 42.6. The van der Waals surface area contributed by atoms with Crippen molar-refractivity contribution < 1.29 is 9.90 Å². The molecule has 1 N–H and O–H groups in total. The summed E-state index contributed by atoms with van der Waals surface area (Å²) in [5.41, 5.74) is 0.767. The minimum absolute atomic E-state index is 0.149. The van der Waals surface area contributed by atoms with Gasteiger partial charge in [-0.05, 0) is 35.5 Å². The van der Waals surface area contributed by atoms with Gasteiger partial charge in [0.2, 0.25) is 0 Å². The minimum Gasteiger partial charge on any atom is -0.478 e. The molecule has 84 valence electrons. The summed E-state index contributed by atoms with van der Waals surface area (Å²) in [5.74, 6) is -0.819. The highest BCUT2D eigenvalue weighted by molar-refractivity contribution is 5.80. The molecular weight excluding hydrogens is 188 g/mol. The van der Waals surface area contributed by atoms with Gasteiger partial charge in [-0.1, -0.05) is 33.3 Å². The fraction of sp³-hybridized carbons (Fsp3) is 0.769. The summed E-state index contributed by atoms with van der Waals surface area (Å²) in [6.45, 7) is 6.87. The van der Waals surface area contributed by atoms with Crippen molar-refractivity contribution in [2.45, 2.75) is 46.5 Å². The SMILES string of the molecule is CC1(C)CCCC2(C)CC12C=CC(=O)O. The Balaban J connectivity index is 2.29. The highest BCUT2D eigenvalue weighted by Gasteiger charge is 2.70. The van der Waals surface area contributed by atoms with E-state index < -0.39 is 5.97 Å². The molecule has 2 aliphatic carbocycles. The maximum absolute atomic E-state index is 10.6. The predicted octanol–water partition coefficient (Wildman–Crippen LogP) is 3.23. The molecule has 2 fully saturated rings. The molecule has 15 heavy (non-hydrogen) atoms. The summed E-state index contributed by atoms with van der Waals surface area (Å²) in [7, 11) is 0. The zero-order chi connectivity index (χ0) is 11.3. The quantitative estimate of drug-likeness (QED) is 0.707. The van der Waals surface area contributed by atoms with Crippen LogP contribution in [0.4, 0.5) is 0 Å². The zero-order valence-electron chi connectivity index (χ0n) is 9.84. The Labute approximate surface area is 91.4 Å². The molecular formula is C13H20O2. The van der Waals surface area contributed by atoms with Gasteiger partial charge in [0.25, 0.3) is 0 Å². The van der Waals surface area contributed by atoms with E-state index in [1.165, 1.54) is 25.3 Å². The fourth-order valence-corrected chi connectivity index (χ4v) is 3.78. The molecule has 0 aromatic carbocycles. The summed E-state index contributed by atoms with van der Waals surface area (Å²) in [5, 5.41) is 8.74. The molecule has 0 saturated heterocycles. The number of hydrogen-bond acceptors (Lipinski definition) is 1. The number of fused-ring (bicyclic) bond motifs is 1. The molecule has 0 amide bonds. The molecule has 2 saturated carbocycles. The van der Waals surface area contributed by atoms with E-state index in [4.69, 9.17) is 5.11 Å². The first-order chi connectivity index (χ1) is 6.83. The van der Waals surface area contributed by atoms with Crippen LogP contribution in [0.2, 0.25) is 0 Å². The maximum Gasteiger partial charge on any atom is 0.327 e. The molecule has 0 aromatic rings. The van der Waals surface area contributed by atoms with Crippen LogP contribution in [0.5, 0.6) is 0 Å². The first-order valence-corrected chi connectivity index (χ1v) is 5.75. The number of aliphatic carboxylic acids is 1. The van der Waals surface area contributed by atoms with E-state index >= 15 is 0 Å². The van der Waals surface area contributed by atoms with Gasteiger partial charge >= 0.3 is 5.97 Å². The molecule has 0 radical (unpaired) electrons. The fourth-order valence-electron chi connectivity index (χ4n) is 3.78. The van der Waals surface area contributed by atoms with E-state index in [2.05, 4.69) is 20.8 Å². The largest absolute Gasteiger partial charge is 0.478 e. The second-order valence-corrected chi connectivity index (χ2v) is 6.12. The molecule has 2 unspecified atom stereocenters. The molecule has 2 heteroatoms. The van der Waals surface area contributed by atoms with Gasteiger partial charge in [-0.2, -0.15) is 0 Å². The second-order valence-electron chi connectivity index (χ2n) is 6.12. The highest BCUT2D eigenvalue weighted by Crippen LogP contribution is 2.78. The van der Waals surface area contributed by atoms with Crippen molar-refractivity contribution in [1.82, 2.24) is 0 Å². The zero-order valence-corrected chi connectivity index (χ0v) is 9.84. The Morgan fingerprint density at radius 3 is 2.47 bits per heavy atom. The monoisotopic (exact) mass is 208 g/mol. The maximum atomic E-state index is 10.6. The number of rotatable bonds is 2. The molecule has 0 aliphatic heterocycles. The molecule has 0 heterocycles. The molecule has 0 bridgehead atoms. The van der Waals surface area contributed by atoms with Gasteiger partial charge in [0.05, 0.1) is 0 Å². The lowest BCUT2D eigenvalue weighted by atomic mass is 9.63. The minimum atomic E-state index is -0.819. The van der Waals surface area contributed by atoms with Crippen LogP contribution in [0.1, 0.15) is 46.5 Å². The van der Waals surface area contributed by atoms with Crippen LogP contribution in [0.25, 0.3) is 0 Å². The standard InChI is InChI=1S/C13H20O2/c1-11(2)6-4-7-12(3)9-13(11,12)8-5-10(14)15/h5,8H,4,6-7,9H2,1-3H3,(H,14,15). The van der Waals surface area contributed by atoms with Gasteiger partial charge in [-0.25, -0.2) is 4.79 Å². The molecule has 0 aromatic heterocycles. The van der Waals surface area contributed by atoms with E-state index in [1.807, 2.05) is 6.08 Å². The summed E-state index contributed by atoms with van der Waals surface area (Å²) < 4.78 is 0. The number of hydrogen-bond donors (Lipinski definition) is 1.